The van der Waals surface area contributed by atoms with Crippen LogP contribution < -0.4 is 11.1 Å². The lowest BCUT2D eigenvalue weighted by atomic mass is 10.1. The van der Waals surface area contributed by atoms with Gasteiger partial charge in [-0.1, -0.05) is 30.3 Å². The van der Waals surface area contributed by atoms with Gasteiger partial charge in [-0.2, -0.15) is 0 Å². The van der Waals surface area contributed by atoms with Gasteiger partial charge in [0.2, 0.25) is 0 Å². The standard InChI is InChI=1S/C21H30N6.HI/c1-26-12-14-27(15-13-26)17-19-7-5-18(6-8-19)16-25-21(22)24-11-9-20-4-2-3-10-23-20;/h2-8,10H,9,11-17H2,1H3,(H3,22,24,25);1H. The largest absolute Gasteiger partial charge is 0.370 e. The predicted molar refractivity (Wildman–Crippen MR) is 126 cm³/mol. The molecule has 1 aromatic carbocycles. The van der Waals surface area contributed by atoms with Crippen LogP contribution >= 0.6 is 24.0 Å². The van der Waals surface area contributed by atoms with E-state index in [1.165, 1.54) is 11.1 Å². The molecule has 3 rings (SSSR count). The smallest absolute Gasteiger partial charge is 0.188 e. The first-order valence-corrected chi connectivity index (χ1v) is 9.61. The zero-order valence-electron chi connectivity index (χ0n) is 16.6. The third-order valence-corrected chi connectivity index (χ3v) is 4.87. The molecule has 1 aliphatic rings. The molecule has 152 valence electrons. The van der Waals surface area contributed by atoms with Crippen molar-refractivity contribution in [2.75, 3.05) is 39.8 Å². The number of nitrogens with zero attached hydrogens (tertiary/aromatic N) is 4. The Labute approximate surface area is 185 Å². The Hall–Kier alpha value is -1.71. The number of nitrogens with one attached hydrogen (secondary N) is 1. The number of benzene rings is 1. The van der Waals surface area contributed by atoms with E-state index < -0.39 is 0 Å². The van der Waals surface area contributed by atoms with Crippen LogP contribution in [0.25, 0.3) is 0 Å². The van der Waals surface area contributed by atoms with E-state index in [1.807, 2.05) is 18.2 Å². The van der Waals surface area contributed by atoms with Gasteiger partial charge in [0.15, 0.2) is 5.96 Å². The van der Waals surface area contributed by atoms with Crippen molar-refractivity contribution in [2.45, 2.75) is 19.5 Å². The average Bonchev–Trinajstić information content (AvgIpc) is 2.70. The molecular weight excluding hydrogens is 463 g/mol. The molecule has 0 saturated carbocycles. The number of aliphatic imine (C=N–C) groups is 1. The molecule has 0 atom stereocenters. The van der Waals surface area contributed by atoms with Crippen LogP contribution in [0.5, 0.6) is 0 Å². The lowest BCUT2D eigenvalue weighted by Crippen LogP contribution is -2.43. The Morgan fingerprint density at radius 1 is 1.07 bits per heavy atom. The summed E-state index contributed by atoms with van der Waals surface area (Å²) in [4.78, 5) is 13.6. The summed E-state index contributed by atoms with van der Waals surface area (Å²) in [6.45, 7) is 6.94. The van der Waals surface area contributed by atoms with Crippen LogP contribution in [0.4, 0.5) is 0 Å². The number of hydrogen-bond donors (Lipinski definition) is 2. The molecule has 6 nitrogen and oxygen atoms in total. The van der Waals surface area contributed by atoms with Gasteiger partial charge >= 0.3 is 0 Å². The second kappa shape index (κ2) is 12.0. The minimum atomic E-state index is 0. The summed E-state index contributed by atoms with van der Waals surface area (Å²) in [6, 6.07) is 14.6. The predicted octanol–water partition coefficient (Wildman–Crippen LogP) is 2.09. The second-order valence-corrected chi connectivity index (χ2v) is 7.10. The number of aromatic nitrogens is 1. The van der Waals surface area contributed by atoms with Gasteiger partial charge < -0.3 is 16.0 Å². The maximum atomic E-state index is 5.96. The van der Waals surface area contributed by atoms with Crippen molar-refractivity contribution in [1.82, 2.24) is 20.1 Å². The topological polar surface area (TPSA) is 69.8 Å². The van der Waals surface area contributed by atoms with Crippen LogP contribution in [0.1, 0.15) is 16.8 Å². The van der Waals surface area contributed by atoms with Crippen molar-refractivity contribution in [3.63, 3.8) is 0 Å². The number of guanidine groups is 1. The van der Waals surface area contributed by atoms with Gasteiger partial charge in [0.1, 0.15) is 0 Å². The highest BCUT2D eigenvalue weighted by atomic mass is 127. The maximum absolute atomic E-state index is 5.96. The molecule has 2 heterocycles. The molecule has 0 spiro atoms. The van der Waals surface area contributed by atoms with Crippen molar-refractivity contribution in [3.8, 4) is 0 Å². The quantitative estimate of drug-likeness (QED) is 0.351. The molecular formula is C21H31IN6. The Balaban J connectivity index is 0.00000280. The van der Waals surface area contributed by atoms with Crippen molar-refractivity contribution in [3.05, 3.63) is 65.5 Å². The number of pyridine rings is 1. The van der Waals surface area contributed by atoms with Crippen molar-refractivity contribution in [2.24, 2.45) is 10.7 Å². The summed E-state index contributed by atoms with van der Waals surface area (Å²) >= 11 is 0. The highest BCUT2D eigenvalue weighted by molar-refractivity contribution is 14.0. The molecule has 0 aliphatic carbocycles. The van der Waals surface area contributed by atoms with Crippen LogP contribution in [-0.2, 0) is 19.5 Å². The fraction of sp³-hybridized carbons (Fsp3) is 0.429. The minimum absolute atomic E-state index is 0. The van der Waals surface area contributed by atoms with E-state index in [0.29, 0.717) is 12.5 Å². The fourth-order valence-electron chi connectivity index (χ4n) is 3.11. The molecule has 1 aliphatic heterocycles. The summed E-state index contributed by atoms with van der Waals surface area (Å²) in [5.41, 5.74) is 9.54. The van der Waals surface area contributed by atoms with Gasteiger partial charge in [-0.05, 0) is 30.3 Å². The highest BCUT2D eigenvalue weighted by Gasteiger charge is 2.13. The van der Waals surface area contributed by atoms with E-state index in [0.717, 1.165) is 51.4 Å². The second-order valence-electron chi connectivity index (χ2n) is 7.10. The van der Waals surface area contributed by atoms with Gasteiger partial charge in [-0.25, -0.2) is 4.99 Å². The lowest BCUT2D eigenvalue weighted by Gasteiger charge is -2.32. The van der Waals surface area contributed by atoms with E-state index in [1.54, 1.807) is 6.20 Å². The first kappa shape index (κ1) is 22.6. The number of piperazine rings is 1. The van der Waals surface area contributed by atoms with E-state index >= 15 is 0 Å². The summed E-state index contributed by atoms with van der Waals surface area (Å²) in [7, 11) is 2.19. The van der Waals surface area contributed by atoms with E-state index in [9.17, 15) is 0 Å². The molecule has 0 bridgehead atoms. The Kier molecular flexibility index (Phi) is 9.66. The first-order chi connectivity index (χ1) is 13.2. The zero-order chi connectivity index (χ0) is 18.9. The number of halogens is 1. The molecule has 1 fully saturated rings. The summed E-state index contributed by atoms with van der Waals surface area (Å²) in [6.07, 6.45) is 2.64. The normalized spacial score (nSPS) is 15.8. The van der Waals surface area contributed by atoms with Gasteiger partial charge in [-0.15, -0.1) is 24.0 Å². The number of hydrogen-bond acceptors (Lipinski definition) is 4. The molecule has 1 saturated heterocycles. The van der Waals surface area contributed by atoms with Gasteiger partial charge in [0.05, 0.1) is 6.54 Å². The Bertz CT molecular complexity index is 711. The minimum Gasteiger partial charge on any atom is -0.370 e. The van der Waals surface area contributed by atoms with Crippen LogP contribution in [0.15, 0.2) is 53.7 Å². The van der Waals surface area contributed by atoms with Gasteiger partial charge in [0.25, 0.3) is 0 Å². The molecule has 3 N–H and O–H groups in total. The summed E-state index contributed by atoms with van der Waals surface area (Å²) in [5, 5.41) is 3.15. The number of rotatable bonds is 7. The Morgan fingerprint density at radius 2 is 1.79 bits per heavy atom. The molecule has 1 aromatic heterocycles. The number of nitrogens with two attached hydrogens (primary N) is 1. The molecule has 0 amide bonds. The zero-order valence-corrected chi connectivity index (χ0v) is 18.9. The molecule has 2 aromatic rings. The highest BCUT2D eigenvalue weighted by Crippen LogP contribution is 2.10. The third kappa shape index (κ3) is 7.73. The van der Waals surface area contributed by atoms with Crippen molar-refractivity contribution < 1.29 is 0 Å². The molecule has 28 heavy (non-hydrogen) atoms. The van der Waals surface area contributed by atoms with Gasteiger partial charge in [-0.3, -0.25) is 9.88 Å². The summed E-state index contributed by atoms with van der Waals surface area (Å²) < 4.78 is 0. The summed E-state index contributed by atoms with van der Waals surface area (Å²) in [5.74, 6) is 0.479. The van der Waals surface area contributed by atoms with Crippen LogP contribution in [-0.4, -0.2) is 60.5 Å². The van der Waals surface area contributed by atoms with E-state index in [2.05, 4.69) is 56.4 Å². The van der Waals surface area contributed by atoms with Crippen LogP contribution in [0.3, 0.4) is 0 Å². The average molecular weight is 494 g/mol. The van der Waals surface area contributed by atoms with E-state index in [4.69, 9.17) is 5.73 Å². The van der Waals surface area contributed by atoms with E-state index in [-0.39, 0.29) is 24.0 Å². The number of likely N-dealkylation sites (N-methyl/N-ethyl adjacent to an activating group) is 1. The van der Waals surface area contributed by atoms with Crippen molar-refractivity contribution >= 4 is 29.9 Å². The SMILES string of the molecule is CN1CCN(Cc2ccc(CN=C(N)NCCc3ccccn3)cc2)CC1.I. The molecule has 0 unspecified atom stereocenters. The Morgan fingerprint density at radius 3 is 2.46 bits per heavy atom. The fourth-order valence-corrected chi connectivity index (χ4v) is 3.11. The third-order valence-electron chi connectivity index (χ3n) is 4.87. The van der Waals surface area contributed by atoms with Crippen LogP contribution in [0, 0.1) is 0 Å². The maximum Gasteiger partial charge on any atom is 0.188 e. The monoisotopic (exact) mass is 494 g/mol. The van der Waals surface area contributed by atoms with Gasteiger partial charge in [0, 0.05) is 57.6 Å². The lowest BCUT2D eigenvalue weighted by molar-refractivity contribution is 0.148. The van der Waals surface area contributed by atoms with Crippen molar-refractivity contribution in [1.29, 1.82) is 0 Å². The molecule has 0 radical (unpaired) electrons. The van der Waals surface area contributed by atoms with Crippen LogP contribution in [0.2, 0.25) is 0 Å². The first-order valence-electron chi connectivity index (χ1n) is 9.61. The molecule has 7 heteroatoms.